The number of anilines is 1. The molecule has 2 N–H and O–H groups in total. The topological polar surface area (TPSA) is 245 Å². The van der Waals surface area contributed by atoms with Gasteiger partial charge in [0.2, 0.25) is 17.3 Å². The van der Waals surface area contributed by atoms with Gasteiger partial charge in [-0.1, -0.05) is 51.9 Å². The van der Waals surface area contributed by atoms with Crippen molar-refractivity contribution in [1.82, 2.24) is 9.97 Å². The number of aryl methyl sites for hydroxylation is 1. The van der Waals surface area contributed by atoms with E-state index in [9.17, 15) is 44.4 Å². The molecule has 24 heteroatoms. The third kappa shape index (κ3) is 12.7. The SMILES string of the molecule is CCN(CC)c1ccc(/C=C/C2=[N+](C)c3ccc(F)cc3C2(C)C)c(C)c1.O=C1C=C(O)C(=NN=c2[n-]cc([N+](=O)[O-])s2)C=C1Cl.O=C1C=C(O)C(=NN=c2[n-]cc([N+](=O)[O-])s2)C=C1Cl.[Co]. The second-order valence-electron chi connectivity index (χ2n) is 14.2. The van der Waals surface area contributed by atoms with E-state index in [1.54, 1.807) is 6.07 Å². The quantitative estimate of drug-likeness (QED) is 0.0711. The number of rotatable bonds is 9. The van der Waals surface area contributed by atoms with E-state index in [4.69, 9.17) is 23.2 Å². The van der Waals surface area contributed by atoms with Crippen molar-refractivity contribution >= 4 is 102 Å². The molecule has 2 aliphatic carbocycles. The molecular formula is C42H38Cl2CoFN10O8S2-. The first-order chi connectivity index (χ1) is 30.7. The minimum Gasteiger partial charge on any atom is -0.506 e. The number of thiazole rings is 2. The van der Waals surface area contributed by atoms with Gasteiger partial charge in [0, 0.05) is 87.4 Å². The molecule has 0 saturated heterocycles. The molecule has 347 valence electrons. The average molecular weight is 1020 g/mol. The van der Waals surface area contributed by atoms with Gasteiger partial charge >= 0.3 is 10.0 Å². The van der Waals surface area contributed by atoms with Gasteiger partial charge in [-0.3, -0.25) is 40.0 Å². The van der Waals surface area contributed by atoms with Gasteiger partial charge in [-0.05, 0) is 88.2 Å². The van der Waals surface area contributed by atoms with Crippen LogP contribution in [0.4, 0.5) is 25.8 Å². The van der Waals surface area contributed by atoms with Crippen molar-refractivity contribution in [3.63, 3.8) is 0 Å². The first kappa shape index (κ1) is 52.2. The van der Waals surface area contributed by atoms with Gasteiger partial charge < -0.3 is 35.3 Å². The first-order valence-corrected chi connectivity index (χ1v) is 21.5. The van der Waals surface area contributed by atoms with Crippen molar-refractivity contribution in [1.29, 1.82) is 0 Å². The minimum absolute atomic E-state index is 0. The summed E-state index contributed by atoms with van der Waals surface area (Å²) >= 11 is 12.6. The molecule has 0 atom stereocenters. The van der Waals surface area contributed by atoms with Crippen LogP contribution in [-0.4, -0.2) is 73.5 Å². The fraction of sp³-hybridized carbons (Fsp3) is 0.214. The van der Waals surface area contributed by atoms with E-state index in [-0.39, 0.29) is 80.6 Å². The number of halogens is 3. The average Bonchev–Trinajstić information content (AvgIpc) is 3.98. The maximum Gasteiger partial charge on any atom is 0.319 e. The molecule has 66 heavy (non-hydrogen) atoms. The fourth-order valence-corrected chi connectivity index (χ4v) is 7.73. The summed E-state index contributed by atoms with van der Waals surface area (Å²) in [4.78, 5) is 51.6. The number of aliphatic hydroxyl groups is 2. The van der Waals surface area contributed by atoms with E-state index in [2.05, 4.69) is 112 Å². The second-order valence-corrected chi connectivity index (χ2v) is 17.0. The van der Waals surface area contributed by atoms with Crippen molar-refractivity contribution in [3.05, 3.63) is 153 Å². The monoisotopic (exact) mass is 1020 g/mol. The number of ketones is 2. The summed E-state index contributed by atoms with van der Waals surface area (Å²) in [6.45, 7) is 12.9. The Kier molecular flexibility index (Phi) is 17.9. The molecule has 0 saturated carbocycles. The van der Waals surface area contributed by atoms with E-state index in [0.717, 1.165) is 83.7 Å². The number of hydrogen-bond acceptors (Lipinski definition) is 15. The standard InChI is InChI=1S/C24H30FN2.2C9H5ClN4O4S.Co/c1-7-27(8-2)20-12-9-18(17(3)15-20)10-14-23-24(4,5)21-16-19(25)11-13-22(21)26(23)6;2*10-4-1-5(7(16)2-6(4)15)12-13-9-11-3-8(19-9)14(17)18;/h9-16H,7-8H2,1-6H3;2*1-3H,(H2,11,13,15,16);/q+1;;;/p-2. The van der Waals surface area contributed by atoms with Crippen molar-refractivity contribution in [2.45, 2.75) is 40.0 Å². The molecule has 0 amide bonds. The number of carbonyl (C=O) groups is 2. The number of carbonyl (C=O) groups excluding carboxylic acids is 2. The Labute approximate surface area is 403 Å². The van der Waals surface area contributed by atoms with Crippen molar-refractivity contribution in [2.24, 2.45) is 20.4 Å². The second kappa shape index (κ2) is 22.7. The Morgan fingerprint density at radius 3 is 1.76 bits per heavy atom. The smallest absolute Gasteiger partial charge is 0.319 e. The maximum absolute atomic E-state index is 13.8. The van der Waals surface area contributed by atoms with Crippen LogP contribution < -0.4 is 24.5 Å². The number of fused-ring (bicyclic) bond motifs is 1. The van der Waals surface area contributed by atoms with Gasteiger partial charge in [-0.15, -0.1) is 0 Å². The van der Waals surface area contributed by atoms with Crippen LogP contribution in [0.1, 0.15) is 44.4 Å². The van der Waals surface area contributed by atoms with Crippen LogP contribution in [0.15, 0.2) is 121 Å². The number of aliphatic hydroxyl groups excluding tert-OH is 2. The van der Waals surface area contributed by atoms with Gasteiger partial charge in [0.05, 0.1) is 25.3 Å². The number of nitrogens with zero attached hydrogens (tertiary/aromatic N) is 10. The number of benzene rings is 2. The van der Waals surface area contributed by atoms with E-state index in [1.165, 1.54) is 28.6 Å². The van der Waals surface area contributed by atoms with Gasteiger partial charge in [0.25, 0.3) is 0 Å². The Morgan fingerprint density at radius 1 is 0.818 bits per heavy atom. The third-order valence-corrected chi connectivity index (χ3v) is 11.9. The van der Waals surface area contributed by atoms with E-state index >= 15 is 0 Å². The Balaban J connectivity index is 0.000000220. The Hall–Kier alpha value is -6.43. The van der Waals surface area contributed by atoms with Gasteiger partial charge in [-0.2, -0.15) is 4.58 Å². The molecule has 0 bridgehead atoms. The molecule has 1 radical (unpaired) electrons. The molecule has 2 aromatic heterocycles. The van der Waals surface area contributed by atoms with Crippen LogP contribution in [0.3, 0.4) is 0 Å². The summed E-state index contributed by atoms with van der Waals surface area (Å²) in [6, 6.07) is 11.7. The molecule has 3 aliphatic rings. The Bertz CT molecular complexity index is 2870. The molecule has 0 unspecified atom stereocenters. The molecule has 1 aliphatic heterocycles. The molecular weight excluding hydrogens is 985 g/mol. The normalized spacial score (nSPS) is 17.0. The molecule has 0 fully saturated rings. The van der Waals surface area contributed by atoms with Crippen LogP contribution in [0, 0.1) is 33.0 Å². The van der Waals surface area contributed by atoms with Crippen LogP contribution in [0.2, 0.25) is 0 Å². The van der Waals surface area contributed by atoms with Crippen LogP contribution in [0.25, 0.3) is 6.08 Å². The van der Waals surface area contributed by atoms with E-state index in [0.29, 0.717) is 0 Å². The maximum atomic E-state index is 13.8. The number of hydrogen-bond donors (Lipinski definition) is 2. The van der Waals surface area contributed by atoms with Gasteiger partial charge in [0.15, 0.2) is 5.71 Å². The summed E-state index contributed by atoms with van der Waals surface area (Å²) in [6.07, 6.45) is 10.5. The number of nitro groups is 2. The van der Waals surface area contributed by atoms with Crippen molar-refractivity contribution < 1.29 is 55.4 Å². The largest absolute Gasteiger partial charge is 0.506 e. The summed E-state index contributed by atoms with van der Waals surface area (Å²) in [5, 5.41) is 53.7. The zero-order chi connectivity index (χ0) is 47.7. The van der Waals surface area contributed by atoms with Crippen molar-refractivity contribution in [2.75, 3.05) is 25.0 Å². The predicted molar refractivity (Wildman–Crippen MR) is 248 cm³/mol. The summed E-state index contributed by atoms with van der Waals surface area (Å²) in [5.41, 5.74) is 6.76. The molecule has 7 rings (SSSR count). The zero-order valence-electron chi connectivity index (χ0n) is 35.6. The third-order valence-electron chi connectivity index (χ3n) is 9.66. The van der Waals surface area contributed by atoms with Crippen molar-refractivity contribution in [3.8, 4) is 0 Å². The van der Waals surface area contributed by atoms with Crippen LogP contribution in [-0.2, 0) is 31.8 Å². The molecule has 2 aromatic carbocycles. The molecule has 4 aromatic rings. The van der Waals surface area contributed by atoms with Gasteiger partial charge in [-0.25, -0.2) is 4.39 Å². The van der Waals surface area contributed by atoms with Crippen LogP contribution in [0.5, 0.6) is 0 Å². The van der Waals surface area contributed by atoms with E-state index < -0.39 is 21.4 Å². The zero-order valence-corrected chi connectivity index (χ0v) is 39.8. The number of allylic oxidation sites excluding steroid dienone is 7. The van der Waals surface area contributed by atoms with E-state index in [1.807, 2.05) is 6.07 Å². The summed E-state index contributed by atoms with van der Waals surface area (Å²) in [7, 11) is 2.06. The first-order valence-electron chi connectivity index (χ1n) is 19.1. The van der Waals surface area contributed by atoms with Gasteiger partial charge in [0.1, 0.15) is 35.8 Å². The molecule has 0 spiro atoms. The van der Waals surface area contributed by atoms with Crippen LogP contribution >= 0.6 is 45.9 Å². The predicted octanol–water partition coefficient (Wildman–Crippen LogP) is 7.73. The fourth-order valence-electron chi connectivity index (χ4n) is 6.30. The molecule has 3 heterocycles. The Morgan fingerprint density at radius 2 is 1.32 bits per heavy atom. The summed E-state index contributed by atoms with van der Waals surface area (Å²) in [5.74, 6) is -2.03. The minimum atomic E-state index is -0.600. The molecule has 18 nitrogen and oxygen atoms in total. The summed E-state index contributed by atoms with van der Waals surface area (Å²) < 4.78 is 15.9. The number of aromatic nitrogens is 2.